The maximum atomic E-state index is 8.88. The Bertz CT molecular complexity index is 1670. The van der Waals surface area contributed by atoms with Crippen LogP contribution < -0.4 is 15.5 Å². The average molecular weight is 642 g/mol. The van der Waals surface area contributed by atoms with Gasteiger partial charge in [0.15, 0.2) is 0 Å². The van der Waals surface area contributed by atoms with Crippen LogP contribution in [-0.4, -0.2) is 117 Å². The van der Waals surface area contributed by atoms with E-state index < -0.39 is 0 Å². The third kappa shape index (κ3) is 9.05. The fourth-order valence-corrected chi connectivity index (χ4v) is 5.52. The highest BCUT2D eigenvalue weighted by molar-refractivity contribution is 5.93. The van der Waals surface area contributed by atoms with Crippen LogP contribution in [0.4, 0.5) is 11.4 Å². The Kier molecular flexibility index (Phi) is 11.9. The first-order valence-corrected chi connectivity index (χ1v) is 15.5. The highest BCUT2D eigenvalue weighted by Crippen LogP contribution is 2.20. The largest absolute Gasteiger partial charge is 0.409 e. The van der Waals surface area contributed by atoms with Gasteiger partial charge >= 0.3 is 0 Å². The Morgan fingerprint density at radius 1 is 0.787 bits per heavy atom. The van der Waals surface area contributed by atoms with E-state index in [1.54, 1.807) is 9.36 Å². The van der Waals surface area contributed by atoms with Gasteiger partial charge in [0, 0.05) is 63.7 Å². The van der Waals surface area contributed by atoms with Crippen molar-refractivity contribution in [2.75, 3.05) is 76.3 Å². The van der Waals surface area contributed by atoms with E-state index in [1.165, 1.54) is 16.9 Å². The Morgan fingerprint density at radius 3 is 1.70 bits per heavy atom. The number of aromatic nitrogens is 6. The summed E-state index contributed by atoms with van der Waals surface area (Å²) in [4.78, 5) is 17.8. The molecule has 0 atom stereocenters. The smallest absolute Gasteiger partial charge is 0.252 e. The first kappa shape index (κ1) is 34.9. The molecule has 0 amide bonds. The Labute approximate surface area is 277 Å². The van der Waals surface area contributed by atoms with E-state index in [4.69, 9.17) is 16.2 Å². The predicted octanol–water partition coefficient (Wildman–Crippen LogP) is 2.38. The minimum atomic E-state index is -0.0805. The maximum Gasteiger partial charge on any atom is 0.252 e. The summed E-state index contributed by atoms with van der Waals surface area (Å²) in [6.45, 7) is 13.5. The fraction of sp³-hybridized carbons (Fsp3) is 0.455. The molecule has 3 N–H and O–H groups in total. The van der Waals surface area contributed by atoms with Crippen molar-refractivity contribution in [3.8, 4) is 6.07 Å². The van der Waals surface area contributed by atoms with Crippen molar-refractivity contribution in [1.82, 2.24) is 39.3 Å². The third-order valence-corrected chi connectivity index (χ3v) is 8.37. The van der Waals surface area contributed by atoms with E-state index in [0.29, 0.717) is 13.1 Å². The number of nitrogens with two attached hydrogens (primary N) is 1. The van der Waals surface area contributed by atoms with Crippen molar-refractivity contribution in [3.63, 3.8) is 0 Å². The van der Waals surface area contributed by atoms with Crippen molar-refractivity contribution in [2.45, 2.75) is 34.4 Å². The summed E-state index contributed by atoms with van der Waals surface area (Å²) in [7, 11) is 4.31. The number of aryl methyl sites for hydroxylation is 2. The quantitative estimate of drug-likeness (QED) is 0.132. The monoisotopic (exact) mass is 641 g/mol. The van der Waals surface area contributed by atoms with Crippen LogP contribution in [0, 0.1) is 25.2 Å². The van der Waals surface area contributed by atoms with E-state index >= 15 is 0 Å². The molecule has 2 fully saturated rings. The van der Waals surface area contributed by atoms with Crippen LogP contribution in [0.25, 0.3) is 0 Å². The fourth-order valence-electron chi connectivity index (χ4n) is 5.52. The van der Waals surface area contributed by atoms with E-state index in [0.717, 1.165) is 69.6 Å². The van der Waals surface area contributed by atoms with Gasteiger partial charge in [0.25, 0.3) is 5.82 Å². The number of amidine groups is 1. The van der Waals surface area contributed by atoms with Crippen LogP contribution in [0.5, 0.6) is 0 Å². The second-order valence-electron chi connectivity index (χ2n) is 11.8. The molecule has 0 aliphatic carbocycles. The molecule has 6 rings (SSSR count). The number of oxime groups is 1. The summed E-state index contributed by atoms with van der Waals surface area (Å²) in [5.41, 5.74) is 10.4. The number of hydrogen-bond donors (Lipinski definition) is 2. The zero-order valence-electron chi connectivity index (χ0n) is 27.1. The van der Waals surface area contributed by atoms with Gasteiger partial charge in [-0.2, -0.15) is 5.26 Å². The summed E-state index contributed by atoms with van der Waals surface area (Å²) in [6.07, 6.45) is 0. The molecular weight excluding hydrogens is 594 g/mol. The van der Waals surface area contributed by atoms with E-state index in [9.17, 15) is 0 Å². The molecule has 250 valence electrons. The predicted molar refractivity (Wildman–Crippen MR) is 184 cm³/mol. The molecule has 0 bridgehead atoms. The van der Waals surface area contributed by atoms with Gasteiger partial charge in [-0.3, -0.25) is 0 Å². The zero-order chi connectivity index (χ0) is 32.6. The summed E-state index contributed by atoms with van der Waals surface area (Å²) in [5, 5.41) is 29.1. The van der Waals surface area contributed by atoms with Crippen LogP contribution in [0.3, 0.4) is 0 Å². The van der Waals surface area contributed by atoms with Gasteiger partial charge < -0.3 is 30.5 Å². The van der Waals surface area contributed by atoms with Gasteiger partial charge in [-0.05, 0) is 63.3 Å². The first-order chi connectivity index (χ1) is 22.2. The van der Waals surface area contributed by atoms with Gasteiger partial charge in [-0.25, -0.2) is 19.3 Å². The zero-order valence-corrected chi connectivity index (χ0v) is 27.1. The van der Waals surface area contributed by atoms with Crippen molar-refractivity contribution in [2.24, 2.45) is 10.9 Å². The number of piperazine rings is 2. The molecule has 14 heteroatoms. The lowest BCUT2D eigenvalue weighted by Crippen LogP contribution is -2.44. The van der Waals surface area contributed by atoms with Crippen LogP contribution in [0.15, 0.2) is 53.7 Å². The molecular formula is C33H47N13O. The highest BCUT2D eigenvalue weighted by Gasteiger charge is 2.17. The van der Waals surface area contributed by atoms with Crippen molar-refractivity contribution >= 4 is 17.2 Å². The van der Waals surface area contributed by atoms with Gasteiger partial charge in [-0.1, -0.05) is 36.8 Å². The molecule has 2 aromatic carbocycles. The molecule has 2 aliphatic rings. The lowest BCUT2D eigenvalue weighted by molar-refractivity contribution is 0.313. The average Bonchev–Trinajstić information content (AvgIpc) is 3.62. The maximum absolute atomic E-state index is 8.88. The standard InChI is InChI=1S/C16H23N7O.C16H20N6.CH4/c1-12-18-16(15(17)20-24)19-23(12)11-13-4-3-5-14(10-13)22-8-6-21(2)7-9-22;1-13-18-16(11-17)19-22(13)12-14-4-3-5-15(10-14)21-8-6-20(2)7-9-21;/h3-5,10,24H,6-9,11H2,1-2H3,(H2,17,20);3-5,10H,6-9,12H2,1-2H3;1H4. The molecule has 0 radical (unpaired) electrons. The van der Waals surface area contributed by atoms with Crippen molar-refractivity contribution in [3.05, 3.63) is 83.0 Å². The van der Waals surface area contributed by atoms with E-state index in [2.05, 4.69) is 108 Å². The molecule has 2 saturated heterocycles. The number of benzene rings is 2. The Hall–Kier alpha value is -5.00. The molecule has 2 aliphatic heterocycles. The summed E-state index contributed by atoms with van der Waals surface area (Å²) < 4.78 is 3.54. The van der Waals surface area contributed by atoms with Gasteiger partial charge in [0.2, 0.25) is 11.7 Å². The van der Waals surface area contributed by atoms with Crippen LogP contribution in [-0.2, 0) is 13.1 Å². The molecule has 2 aromatic heterocycles. The second-order valence-corrected chi connectivity index (χ2v) is 11.8. The molecule has 0 unspecified atom stereocenters. The van der Waals surface area contributed by atoms with Crippen LogP contribution in [0.1, 0.15) is 41.9 Å². The van der Waals surface area contributed by atoms with Gasteiger partial charge in [-0.15, -0.1) is 10.2 Å². The molecule has 4 aromatic rings. The molecule has 14 nitrogen and oxygen atoms in total. The number of nitriles is 1. The lowest BCUT2D eigenvalue weighted by atomic mass is 10.1. The number of likely N-dealkylation sites (N-methyl/N-ethyl adjacent to an activating group) is 2. The number of anilines is 2. The Morgan fingerprint density at radius 2 is 1.26 bits per heavy atom. The van der Waals surface area contributed by atoms with E-state index in [-0.39, 0.29) is 24.9 Å². The van der Waals surface area contributed by atoms with Crippen molar-refractivity contribution < 1.29 is 5.21 Å². The van der Waals surface area contributed by atoms with Crippen LogP contribution in [0.2, 0.25) is 0 Å². The lowest BCUT2D eigenvalue weighted by Gasteiger charge is -2.34. The van der Waals surface area contributed by atoms with Crippen LogP contribution >= 0.6 is 0 Å². The number of rotatable bonds is 7. The van der Waals surface area contributed by atoms with Gasteiger partial charge in [0.05, 0.1) is 13.1 Å². The molecule has 0 spiro atoms. The summed E-state index contributed by atoms with van der Waals surface area (Å²) in [6, 6.07) is 19.0. The number of nitrogens with zero attached hydrogens (tertiary/aromatic N) is 12. The normalized spacial score (nSPS) is 15.9. The second kappa shape index (κ2) is 16.0. The van der Waals surface area contributed by atoms with E-state index in [1.807, 2.05) is 19.9 Å². The summed E-state index contributed by atoms with van der Waals surface area (Å²) in [5.74, 6) is 1.88. The minimum Gasteiger partial charge on any atom is -0.409 e. The van der Waals surface area contributed by atoms with Gasteiger partial charge in [0.1, 0.15) is 17.7 Å². The third-order valence-electron chi connectivity index (χ3n) is 8.37. The highest BCUT2D eigenvalue weighted by atomic mass is 16.4. The minimum absolute atomic E-state index is 0. The Balaban J connectivity index is 0.000000209. The number of hydrogen-bond acceptors (Lipinski definition) is 11. The molecule has 47 heavy (non-hydrogen) atoms. The van der Waals surface area contributed by atoms with Crippen molar-refractivity contribution in [1.29, 1.82) is 5.26 Å². The SMILES string of the molecule is C.Cc1nc(/C(N)=N/O)nn1Cc1cccc(N2CCN(C)CC2)c1.Cc1nc(C#N)nn1Cc1cccc(N2CCN(C)CC2)c1. The first-order valence-electron chi connectivity index (χ1n) is 15.5. The molecule has 4 heterocycles. The summed E-state index contributed by atoms with van der Waals surface area (Å²) >= 11 is 0. The molecule has 0 saturated carbocycles. The topological polar surface area (TPSA) is 157 Å².